The van der Waals surface area contributed by atoms with Gasteiger partial charge in [-0.25, -0.2) is 4.79 Å². The van der Waals surface area contributed by atoms with Gasteiger partial charge in [-0.2, -0.15) is 0 Å². The predicted molar refractivity (Wildman–Crippen MR) is 111 cm³/mol. The van der Waals surface area contributed by atoms with Crippen molar-refractivity contribution in [1.29, 1.82) is 0 Å². The van der Waals surface area contributed by atoms with E-state index in [1.165, 1.54) is 4.90 Å². The van der Waals surface area contributed by atoms with Crippen LogP contribution >= 0.6 is 0 Å². The molecule has 1 saturated heterocycles. The lowest BCUT2D eigenvalue weighted by atomic mass is 10.0. The number of esters is 1. The van der Waals surface area contributed by atoms with Gasteiger partial charge in [-0.3, -0.25) is 9.59 Å². The summed E-state index contributed by atoms with van der Waals surface area (Å²) in [6, 6.07) is 7.56. The van der Waals surface area contributed by atoms with Crippen molar-refractivity contribution < 1.29 is 28.6 Å². The third kappa shape index (κ3) is 7.11. The smallest absolute Gasteiger partial charge is 0.334 e. The van der Waals surface area contributed by atoms with Crippen LogP contribution in [0, 0.1) is 0 Å². The molecule has 8 nitrogen and oxygen atoms in total. The molecular formula is C22H32N2O6. The van der Waals surface area contributed by atoms with Gasteiger partial charge in [0.25, 0.3) is 0 Å². The Hall–Kier alpha value is -2.45. The van der Waals surface area contributed by atoms with Crippen LogP contribution in [-0.4, -0.2) is 67.8 Å². The Morgan fingerprint density at radius 3 is 2.50 bits per heavy atom. The van der Waals surface area contributed by atoms with Crippen molar-refractivity contribution in [2.75, 3.05) is 33.5 Å². The SMILES string of the molecule is COCCOCCC(=O)N[C@@H]1CCN([C@H](C(=O)OC(C)(C)C)c2ccccc2)C1=O. The second-order valence-corrected chi connectivity index (χ2v) is 8.14. The highest BCUT2D eigenvalue weighted by Crippen LogP contribution is 2.29. The number of hydrogen-bond donors (Lipinski definition) is 1. The molecule has 1 fully saturated rings. The molecule has 0 bridgehead atoms. The van der Waals surface area contributed by atoms with Gasteiger partial charge in [0, 0.05) is 20.1 Å². The first-order valence-electron chi connectivity index (χ1n) is 10.2. The second-order valence-electron chi connectivity index (χ2n) is 8.14. The lowest BCUT2D eigenvalue weighted by molar-refractivity contribution is -0.164. The van der Waals surface area contributed by atoms with Gasteiger partial charge in [0.2, 0.25) is 11.8 Å². The normalized spacial score (nSPS) is 17.7. The molecule has 0 radical (unpaired) electrons. The monoisotopic (exact) mass is 420 g/mol. The third-order valence-corrected chi connectivity index (χ3v) is 4.54. The summed E-state index contributed by atoms with van der Waals surface area (Å²) < 4.78 is 15.7. The summed E-state index contributed by atoms with van der Waals surface area (Å²) >= 11 is 0. The quantitative estimate of drug-likeness (QED) is 0.459. The maximum atomic E-state index is 13.0. The van der Waals surface area contributed by atoms with Gasteiger partial charge < -0.3 is 24.4 Å². The minimum absolute atomic E-state index is 0.154. The molecule has 0 aliphatic carbocycles. The van der Waals surface area contributed by atoms with Crippen LogP contribution < -0.4 is 5.32 Å². The summed E-state index contributed by atoms with van der Waals surface area (Å²) in [4.78, 5) is 39.6. The fourth-order valence-corrected chi connectivity index (χ4v) is 3.20. The van der Waals surface area contributed by atoms with Crippen LogP contribution in [0.1, 0.15) is 45.2 Å². The molecule has 2 rings (SSSR count). The summed E-state index contributed by atoms with van der Waals surface area (Å²) in [6.45, 7) is 6.85. The summed E-state index contributed by atoms with van der Waals surface area (Å²) in [7, 11) is 1.58. The number of carbonyl (C=O) groups excluding carboxylic acids is 3. The average molecular weight is 421 g/mol. The Labute approximate surface area is 177 Å². The van der Waals surface area contributed by atoms with Crippen molar-refractivity contribution in [3.05, 3.63) is 35.9 Å². The zero-order valence-corrected chi connectivity index (χ0v) is 18.2. The van der Waals surface area contributed by atoms with Gasteiger partial charge in [0.05, 0.1) is 19.8 Å². The van der Waals surface area contributed by atoms with E-state index in [1.54, 1.807) is 40.0 Å². The first-order chi connectivity index (χ1) is 14.2. The maximum Gasteiger partial charge on any atom is 0.334 e. The highest BCUT2D eigenvalue weighted by Gasteiger charge is 2.41. The lowest BCUT2D eigenvalue weighted by Crippen LogP contribution is -2.45. The number of amides is 2. The molecule has 1 heterocycles. The highest BCUT2D eigenvalue weighted by molar-refractivity contribution is 5.92. The summed E-state index contributed by atoms with van der Waals surface area (Å²) in [5.74, 6) is -1.04. The van der Waals surface area contributed by atoms with E-state index in [2.05, 4.69) is 5.32 Å². The van der Waals surface area contributed by atoms with E-state index in [0.29, 0.717) is 31.7 Å². The van der Waals surface area contributed by atoms with Crippen molar-refractivity contribution in [3.8, 4) is 0 Å². The van der Waals surface area contributed by atoms with Crippen LogP contribution in [0.3, 0.4) is 0 Å². The molecule has 0 aromatic heterocycles. The summed E-state index contributed by atoms with van der Waals surface area (Å²) in [6.07, 6.45) is 0.586. The fourth-order valence-electron chi connectivity index (χ4n) is 3.20. The summed E-state index contributed by atoms with van der Waals surface area (Å²) in [5.41, 5.74) is 0.00201. The number of ether oxygens (including phenoxy) is 3. The maximum absolute atomic E-state index is 13.0. The number of carbonyl (C=O) groups is 3. The van der Waals surface area contributed by atoms with E-state index < -0.39 is 23.7 Å². The minimum Gasteiger partial charge on any atom is -0.458 e. The molecule has 1 aliphatic heterocycles. The molecular weight excluding hydrogens is 388 g/mol. The van der Waals surface area contributed by atoms with Gasteiger partial charge in [0.1, 0.15) is 11.6 Å². The number of benzene rings is 1. The van der Waals surface area contributed by atoms with Crippen molar-refractivity contribution >= 4 is 17.8 Å². The van der Waals surface area contributed by atoms with E-state index in [4.69, 9.17) is 14.2 Å². The molecule has 0 spiro atoms. The molecule has 2 atom stereocenters. The Kier molecular flexibility index (Phi) is 8.80. The van der Waals surface area contributed by atoms with Crippen LogP contribution in [0.5, 0.6) is 0 Å². The molecule has 0 saturated carbocycles. The molecule has 1 aliphatic rings. The predicted octanol–water partition coefficient (Wildman–Crippen LogP) is 1.84. The highest BCUT2D eigenvalue weighted by atomic mass is 16.6. The number of rotatable bonds is 10. The van der Waals surface area contributed by atoms with Crippen LogP contribution in [0.4, 0.5) is 0 Å². The second kappa shape index (κ2) is 11.1. The Bertz CT molecular complexity index is 716. The van der Waals surface area contributed by atoms with Crippen LogP contribution in [-0.2, 0) is 28.6 Å². The van der Waals surface area contributed by atoms with Crippen molar-refractivity contribution in [1.82, 2.24) is 10.2 Å². The van der Waals surface area contributed by atoms with E-state index in [0.717, 1.165) is 0 Å². The number of nitrogens with zero attached hydrogens (tertiary/aromatic N) is 1. The van der Waals surface area contributed by atoms with Gasteiger partial charge in [-0.1, -0.05) is 30.3 Å². The molecule has 30 heavy (non-hydrogen) atoms. The number of hydrogen-bond acceptors (Lipinski definition) is 6. The van der Waals surface area contributed by atoms with Gasteiger partial charge >= 0.3 is 5.97 Å². The minimum atomic E-state index is -0.850. The molecule has 1 N–H and O–H groups in total. The van der Waals surface area contributed by atoms with Crippen molar-refractivity contribution in [3.63, 3.8) is 0 Å². The van der Waals surface area contributed by atoms with E-state index in [1.807, 2.05) is 18.2 Å². The van der Waals surface area contributed by atoms with E-state index in [9.17, 15) is 14.4 Å². The van der Waals surface area contributed by atoms with Gasteiger partial charge in [0.15, 0.2) is 6.04 Å². The Balaban J connectivity index is 2.02. The van der Waals surface area contributed by atoms with Gasteiger partial charge in [-0.05, 0) is 32.8 Å². The largest absolute Gasteiger partial charge is 0.458 e. The Morgan fingerprint density at radius 2 is 1.87 bits per heavy atom. The number of methoxy groups -OCH3 is 1. The molecule has 166 valence electrons. The standard InChI is InChI=1S/C22H32N2O6/c1-22(2,3)30-21(27)19(16-8-6-5-7-9-16)24-12-10-17(20(24)26)23-18(25)11-13-29-15-14-28-4/h5-9,17,19H,10-15H2,1-4H3,(H,23,25)/t17-,19+/m1/s1. The van der Waals surface area contributed by atoms with E-state index in [-0.39, 0.29) is 24.8 Å². The van der Waals surface area contributed by atoms with Crippen molar-refractivity contribution in [2.24, 2.45) is 0 Å². The van der Waals surface area contributed by atoms with E-state index >= 15 is 0 Å². The van der Waals surface area contributed by atoms with Crippen LogP contribution in [0.25, 0.3) is 0 Å². The van der Waals surface area contributed by atoms with Crippen LogP contribution in [0.2, 0.25) is 0 Å². The Morgan fingerprint density at radius 1 is 1.17 bits per heavy atom. The van der Waals surface area contributed by atoms with Crippen LogP contribution in [0.15, 0.2) is 30.3 Å². The third-order valence-electron chi connectivity index (χ3n) is 4.54. The molecule has 1 aromatic carbocycles. The number of nitrogens with one attached hydrogen (secondary N) is 1. The zero-order valence-electron chi connectivity index (χ0n) is 18.2. The summed E-state index contributed by atoms with van der Waals surface area (Å²) in [5, 5.41) is 2.75. The molecule has 8 heteroatoms. The topological polar surface area (TPSA) is 94.2 Å². The fraction of sp³-hybridized carbons (Fsp3) is 0.591. The number of likely N-dealkylation sites (tertiary alicyclic amines) is 1. The molecule has 0 unspecified atom stereocenters. The first-order valence-corrected chi connectivity index (χ1v) is 10.2. The van der Waals surface area contributed by atoms with Gasteiger partial charge in [-0.15, -0.1) is 0 Å². The molecule has 2 amide bonds. The average Bonchev–Trinajstić information content (AvgIpc) is 3.01. The molecule has 1 aromatic rings. The zero-order chi connectivity index (χ0) is 22.1. The lowest BCUT2D eigenvalue weighted by Gasteiger charge is -2.30. The first kappa shape index (κ1) is 23.8. The van der Waals surface area contributed by atoms with Crippen molar-refractivity contribution in [2.45, 2.75) is 51.3 Å².